The second-order valence-electron chi connectivity index (χ2n) is 24.8. The van der Waals surface area contributed by atoms with Crippen LogP contribution in [0.2, 0.25) is 0 Å². The van der Waals surface area contributed by atoms with Crippen molar-refractivity contribution in [3.8, 4) is 0 Å². The third-order valence-corrected chi connectivity index (χ3v) is 17.8. The van der Waals surface area contributed by atoms with Crippen LogP contribution in [0.3, 0.4) is 0 Å². The Hall–Kier alpha value is -1.75. The van der Waals surface area contributed by atoms with Crippen LogP contribution in [0, 0.1) is 0 Å². The maximum atomic E-state index is 14.1. The van der Waals surface area contributed by atoms with Crippen LogP contribution >= 0.6 is 15.6 Å². The highest BCUT2D eigenvalue weighted by Gasteiger charge is 2.53. The Morgan fingerprint density at radius 1 is 0.472 bits per heavy atom. The first kappa shape index (κ1) is 83.3. The maximum Gasteiger partial charge on any atom is 0.472 e. The van der Waals surface area contributed by atoms with Gasteiger partial charge < -0.3 is 68.5 Å². The molecule has 0 radical (unpaired) electrons. The second kappa shape index (κ2) is 52.5. The molecule has 7 N–H and O–H groups in total. The molecule has 0 saturated carbocycles. The van der Waals surface area contributed by atoms with Gasteiger partial charge in [-0.1, -0.05) is 220 Å². The number of ether oxygens (including phenoxy) is 7. The molecule has 2 fully saturated rings. The van der Waals surface area contributed by atoms with E-state index in [1.165, 1.54) is 58.5 Å². The van der Waals surface area contributed by atoms with Crippen molar-refractivity contribution >= 4 is 33.2 Å². The Morgan fingerprint density at radius 3 is 1.45 bits per heavy atom. The number of carbonyl (C=O) groups excluding carboxylic acids is 3. The van der Waals surface area contributed by atoms with Crippen molar-refractivity contribution in [2.24, 2.45) is 0 Å². The third kappa shape index (κ3) is 41.0. The van der Waals surface area contributed by atoms with Gasteiger partial charge in [0.05, 0.1) is 25.7 Å². The molecule has 2 amide bonds. The predicted octanol–water partition coefficient (Wildman–Crippen LogP) is 13.6. The monoisotopic (exact) mass is 1310 g/mol. The lowest BCUT2D eigenvalue weighted by Crippen LogP contribution is -2.67. The van der Waals surface area contributed by atoms with E-state index in [0.717, 1.165) is 161 Å². The topological polar surface area (TPSA) is 294 Å². The molecule has 23 heteroatoms. The molecule has 11 atom stereocenters. The lowest BCUT2D eigenvalue weighted by molar-refractivity contribution is -0.301. The summed E-state index contributed by atoms with van der Waals surface area (Å²) in [6.45, 7) is 7.91. The van der Waals surface area contributed by atoms with Crippen molar-refractivity contribution in [1.82, 2.24) is 10.6 Å². The standard InChI is InChI=1S/C66H126N2O19P2/c1-7-11-15-19-22-25-26-27-28-29-30-32-34-38-42-46-57(70)67-60-64(82-49-47-54(80-6)45-41-36-18-14-10-4)62(86-88(73,74)75)56(51-79-5)85-65(60)83-52-55-61(72)63(81-48-43-39-35-24-21-17-13-9-3)59(66(84-55)87-89(76,77)78)68-58(71)50-53(69)44-40-37-33-31-23-20-16-12-8-2/h25-26,54-56,59-66,72H,7-24,27-52H2,1-6H3,(H,67,70)(H,68,71)(H2,73,74,75)(H2,76,77,78)/b26-25-/t54-,55-,56?,59-,60-,61-,62?,63-,64-,65?,66-/m1/s1. The summed E-state index contributed by atoms with van der Waals surface area (Å²) in [6, 6.07) is -2.84. The van der Waals surface area contributed by atoms with Crippen LogP contribution in [0.25, 0.3) is 0 Å². The molecule has 524 valence electrons. The third-order valence-electron chi connectivity index (χ3n) is 16.8. The highest BCUT2D eigenvalue weighted by atomic mass is 31.2. The molecule has 2 aliphatic heterocycles. The second-order valence-corrected chi connectivity index (χ2v) is 27.2. The van der Waals surface area contributed by atoms with Crippen molar-refractivity contribution in [2.75, 3.05) is 40.6 Å². The molecule has 2 aliphatic rings. The van der Waals surface area contributed by atoms with Crippen LogP contribution in [0.4, 0.5) is 0 Å². The Morgan fingerprint density at radius 2 is 0.921 bits per heavy atom. The van der Waals surface area contributed by atoms with Gasteiger partial charge in [0.2, 0.25) is 11.8 Å². The molecule has 2 rings (SSSR count). The number of ketones is 1. The lowest BCUT2D eigenvalue weighted by Gasteiger charge is -2.47. The number of rotatable bonds is 59. The minimum Gasteiger partial charge on any atom is -0.388 e. The predicted molar refractivity (Wildman–Crippen MR) is 347 cm³/mol. The summed E-state index contributed by atoms with van der Waals surface area (Å²) in [4.78, 5) is 82.2. The number of amides is 2. The number of hydrogen-bond donors (Lipinski definition) is 7. The molecular weight excluding hydrogens is 1190 g/mol. The van der Waals surface area contributed by atoms with Gasteiger partial charge in [0.15, 0.2) is 12.6 Å². The summed E-state index contributed by atoms with van der Waals surface area (Å²) >= 11 is 0. The molecule has 0 spiro atoms. The highest BCUT2D eigenvalue weighted by molar-refractivity contribution is 7.46. The first-order valence-electron chi connectivity index (χ1n) is 35.0. The van der Waals surface area contributed by atoms with Gasteiger partial charge >= 0.3 is 15.6 Å². The summed E-state index contributed by atoms with van der Waals surface area (Å²) in [5.74, 6) is -1.52. The molecule has 3 unspecified atom stereocenters. The number of nitrogens with one attached hydrogen (secondary N) is 2. The molecule has 0 aliphatic carbocycles. The van der Waals surface area contributed by atoms with Gasteiger partial charge in [-0.05, 0) is 57.8 Å². The number of aliphatic hydroxyl groups is 1. The summed E-state index contributed by atoms with van der Waals surface area (Å²) in [5, 5.41) is 17.9. The van der Waals surface area contributed by atoms with Crippen LogP contribution in [-0.4, -0.2) is 150 Å². The summed E-state index contributed by atoms with van der Waals surface area (Å²) < 4.78 is 79.3. The first-order valence-corrected chi connectivity index (χ1v) is 38.1. The highest BCUT2D eigenvalue weighted by Crippen LogP contribution is 2.44. The molecule has 0 aromatic carbocycles. The number of allylic oxidation sites excluding steroid dienone is 2. The SMILES string of the molecule is CCCCCC/C=C\CCCCCCCCCC(=O)N[C@H]1C(OC[C@H]2O[C@H](OP(=O)(O)O)[C@H](NC(=O)CC(=O)CCCCCCCCCCC)[C@@H](OCCCCCCCCCC)[C@@H]2O)OC(COC)C(OP(=O)(O)O)[C@@H]1OCC[C@@H](CCCCCCC)OC. The van der Waals surface area contributed by atoms with Gasteiger partial charge in [0.1, 0.15) is 54.5 Å². The minimum atomic E-state index is -5.39. The number of Topliss-reactive ketones (excluding diaryl/α,β-unsaturated/α-hetero) is 1. The van der Waals surface area contributed by atoms with Crippen LogP contribution in [0.5, 0.6) is 0 Å². The summed E-state index contributed by atoms with van der Waals surface area (Å²) in [7, 11) is -7.69. The van der Waals surface area contributed by atoms with Crippen molar-refractivity contribution in [2.45, 2.75) is 352 Å². The number of carbonyl (C=O) groups is 3. The molecule has 2 saturated heterocycles. The number of hydrogen-bond acceptors (Lipinski definition) is 15. The van der Waals surface area contributed by atoms with Gasteiger partial charge in [-0.2, -0.15) is 0 Å². The number of phosphoric acid groups is 2. The maximum absolute atomic E-state index is 14.1. The lowest BCUT2D eigenvalue weighted by atomic mass is 9.95. The summed E-state index contributed by atoms with van der Waals surface area (Å²) in [6.07, 6.45) is 29.6. The zero-order valence-electron chi connectivity index (χ0n) is 56.0. The van der Waals surface area contributed by atoms with E-state index in [4.69, 9.17) is 42.2 Å². The van der Waals surface area contributed by atoms with E-state index in [2.05, 4.69) is 50.5 Å². The van der Waals surface area contributed by atoms with Gasteiger partial charge in [-0.15, -0.1) is 0 Å². The molecule has 21 nitrogen and oxygen atoms in total. The average molecular weight is 1310 g/mol. The molecule has 0 bridgehead atoms. The smallest absolute Gasteiger partial charge is 0.388 e. The van der Waals surface area contributed by atoms with E-state index in [1.54, 1.807) is 7.11 Å². The first-order chi connectivity index (χ1) is 42.9. The molecular formula is C66H126N2O19P2. The number of methoxy groups -OCH3 is 2. The quantitative estimate of drug-likeness (QED) is 0.0129. The number of aliphatic hydroxyl groups excluding tert-OH is 1. The van der Waals surface area contributed by atoms with Gasteiger partial charge in [-0.25, -0.2) is 9.13 Å². The fourth-order valence-electron chi connectivity index (χ4n) is 11.7. The van der Waals surface area contributed by atoms with Crippen LogP contribution in [0.15, 0.2) is 12.2 Å². The zero-order chi connectivity index (χ0) is 65.4. The Kier molecular flexibility index (Phi) is 49.2. The van der Waals surface area contributed by atoms with E-state index in [1.807, 2.05) is 0 Å². The van der Waals surface area contributed by atoms with Gasteiger partial charge in [0.25, 0.3) is 0 Å². The average Bonchev–Trinajstić information content (AvgIpc) is 0.966. The Bertz CT molecular complexity index is 1900. The molecule has 0 aromatic rings. The number of unbranched alkanes of at least 4 members (excludes halogenated alkanes) is 30. The van der Waals surface area contributed by atoms with E-state index < -0.39 is 102 Å². The summed E-state index contributed by atoms with van der Waals surface area (Å²) in [5.41, 5.74) is 0. The largest absolute Gasteiger partial charge is 0.472 e. The van der Waals surface area contributed by atoms with E-state index in [9.17, 15) is 48.2 Å². The zero-order valence-corrected chi connectivity index (χ0v) is 57.8. The molecule has 0 aromatic heterocycles. The van der Waals surface area contributed by atoms with Crippen molar-refractivity contribution in [3.63, 3.8) is 0 Å². The van der Waals surface area contributed by atoms with Crippen molar-refractivity contribution in [1.29, 1.82) is 0 Å². The van der Waals surface area contributed by atoms with Crippen molar-refractivity contribution < 1.29 is 90.4 Å². The van der Waals surface area contributed by atoms with Gasteiger partial charge in [0, 0.05) is 40.3 Å². The molecule has 2 heterocycles. The Labute approximate surface area is 536 Å². The van der Waals surface area contributed by atoms with Crippen LogP contribution < -0.4 is 10.6 Å². The van der Waals surface area contributed by atoms with Crippen LogP contribution in [-0.2, 0) is 65.7 Å². The van der Waals surface area contributed by atoms with Crippen molar-refractivity contribution in [3.05, 3.63) is 12.2 Å². The van der Waals surface area contributed by atoms with Gasteiger partial charge in [-0.3, -0.25) is 23.4 Å². The van der Waals surface area contributed by atoms with E-state index in [-0.39, 0.29) is 44.5 Å². The van der Waals surface area contributed by atoms with E-state index >= 15 is 0 Å². The fourth-order valence-corrected chi connectivity index (χ4v) is 12.7. The fraction of sp³-hybridized carbons (Fsp3) is 0.924. The van der Waals surface area contributed by atoms with Crippen LogP contribution in [0.1, 0.15) is 285 Å². The number of phosphoric ester groups is 2. The molecule has 89 heavy (non-hydrogen) atoms. The van der Waals surface area contributed by atoms with E-state index in [0.29, 0.717) is 25.7 Å². The normalized spacial score (nSPS) is 22.9. The minimum absolute atomic E-state index is 0.00889. The Balaban J connectivity index is 2.45.